The van der Waals surface area contributed by atoms with Gasteiger partial charge in [-0.2, -0.15) is 0 Å². The van der Waals surface area contributed by atoms with Gasteiger partial charge in [-0.05, 0) is 12.5 Å². The molecule has 0 bridgehead atoms. The fourth-order valence-corrected chi connectivity index (χ4v) is 1.93. The highest BCUT2D eigenvalue weighted by molar-refractivity contribution is 5.92. The van der Waals surface area contributed by atoms with E-state index in [2.05, 4.69) is 10.3 Å². The second-order valence-electron chi connectivity index (χ2n) is 4.04. The maximum atomic E-state index is 13.7. The van der Waals surface area contributed by atoms with Crippen molar-refractivity contribution in [3.8, 4) is 0 Å². The molecule has 0 spiro atoms. The Morgan fingerprint density at radius 1 is 1.17 bits per heavy atom. The molecule has 1 aromatic carbocycles. The molecule has 1 aromatic heterocycles. The van der Waals surface area contributed by atoms with Crippen molar-refractivity contribution >= 4 is 16.6 Å². The van der Waals surface area contributed by atoms with Crippen molar-refractivity contribution in [3.63, 3.8) is 0 Å². The number of benzene rings is 1. The van der Waals surface area contributed by atoms with Crippen LogP contribution in [-0.2, 0) is 6.42 Å². The highest BCUT2D eigenvalue weighted by Gasteiger charge is 2.17. The number of aromatic nitrogens is 1. The quantitative estimate of drug-likeness (QED) is 0.846. The summed E-state index contributed by atoms with van der Waals surface area (Å²) in [5, 5.41) is 2.77. The van der Waals surface area contributed by atoms with Crippen molar-refractivity contribution in [1.82, 2.24) is 4.98 Å². The topological polar surface area (TPSA) is 24.9 Å². The first-order chi connectivity index (χ1) is 8.58. The van der Waals surface area contributed by atoms with Gasteiger partial charge in [0.15, 0.2) is 17.5 Å². The molecule has 0 saturated carbocycles. The summed E-state index contributed by atoms with van der Waals surface area (Å²) in [7, 11) is 1.60. The third kappa shape index (κ3) is 2.00. The molecule has 2 nitrogen and oxygen atoms in total. The Labute approximate surface area is 103 Å². The third-order valence-corrected chi connectivity index (χ3v) is 2.76. The Morgan fingerprint density at radius 2 is 1.89 bits per heavy atom. The second kappa shape index (κ2) is 4.84. The molecule has 0 aliphatic heterocycles. The summed E-state index contributed by atoms with van der Waals surface area (Å²) < 4.78 is 40.1. The number of pyridine rings is 1. The van der Waals surface area contributed by atoms with Gasteiger partial charge in [0.1, 0.15) is 0 Å². The SMILES string of the molecule is CCCc1cc(NC)c2c(F)c(F)c(F)cc2n1. The molecule has 0 amide bonds. The van der Waals surface area contributed by atoms with Crippen LogP contribution in [0.4, 0.5) is 18.9 Å². The smallest absolute Gasteiger partial charge is 0.195 e. The molecule has 18 heavy (non-hydrogen) atoms. The largest absolute Gasteiger partial charge is 0.387 e. The standard InChI is InChI=1S/C13H13F3N2/c1-3-4-7-5-9(17-2)11-10(18-7)6-8(14)12(15)13(11)16/h5-6H,3-4H2,1-2H3,(H,17,18). The summed E-state index contributed by atoms with van der Waals surface area (Å²) in [6.45, 7) is 1.98. The number of hydrogen-bond acceptors (Lipinski definition) is 2. The van der Waals surface area contributed by atoms with Gasteiger partial charge in [-0.25, -0.2) is 13.2 Å². The van der Waals surface area contributed by atoms with Crippen LogP contribution in [0.5, 0.6) is 0 Å². The van der Waals surface area contributed by atoms with Gasteiger partial charge in [0, 0.05) is 24.5 Å². The number of nitrogens with one attached hydrogen (secondary N) is 1. The number of fused-ring (bicyclic) bond motifs is 1. The summed E-state index contributed by atoms with van der Waals surface area (Å²) in [6.07, 6.45) is 1.57. The van der Waals surface area contributed by atoms with Crippen LogP contribution in [0.25, 0.3) is 10.9 Å². The minimum atomic E-state index is -1.47. The lowest BCUT2D eigenvalue weighted by molar-refractivity contribution is 0.453. The first-order valence-corrected chi connectivity index (χ1v) is 5.73. The predicted molar refractivity (Wildman–Crippen MR) is 65.2 cm³/mol. The van der Waals surface area contributed by atoms with Crippen LogP contribution in [0.15, 0.2) is 12.1 Å². The molecular weight excluding hydrogens is 241 g/mol. The molecule has 0 aliphatic rings. The summed E-state index contributed by atoms with van der Waals surface area (Å²) >= 11 is 0. The van der Waals surface area contributed by atoms with Crippen LogP contribution in [0, 0.1) is 17.5 Å². The van der Waals surface area contributed by atoms with Gasteiger partial charge in [-0.1, -0.05) is 13.3 Å². The minimum absolute atomic E-state index is 0.0174. The monoisotopic (exact) mass is 254 g/mol. The van der Waals surface area contributed by atoms with Crippen molar-refractivity contribution in [1.29, 1.82) is 0 Å². The Hall–Kier alpha value is -1.78. The zero-order valence-electron chi connectivity index (χ0n) is 10.2. The van der Waals surface area contributed by atoms with E-state index in [-0.39, 0.29) is 10.9 Å². The minimum Gasteiger partial charge on any atom is -0.387 e. The zero-order valence-corrected chi connectivity index (χ0v) is 10.2. The van der Waals surface area contributed by atoms with E-state index in [1.54, 1.807) is 13.1 Å². The normalized spacial score (nSPS) is 10.9. The molecule has 0 saturated heterocycles. The number of nitrogens with zero attached hydrogens (tertiary/aromatic N) is 1. The van der Waals surface area contributed by atoms with Gasteiger partial charge in [-0.15, -0.1) is 0 Å². The average molecular weight is 254 g/mol. The van der Waals surface area contributed by atoms with Crippen molar-refractivity contribution in [3.05, 3.63) is 35.3 Å². The van der Waals surface area contributed by atoms with E-state index in [9.17, 15) is 13.2 Å². The van der Waals surface area contributed by atoms with Crippen LogP contribution in [0.2, 0.25) is 0 Å². The summed E-state index contributed by atoms with van der Waals surface area (Å²) in [5.74, 6) is -3.89. The Kier molecular flexibility index (Phi) is 3.41. The first-order valence-electron chi connectivity index (χ1n) is 5.73. The van der Waals surface area contributed by atoms with E-state index in [1.807, 2.05) is 6.92 Å². The highest BCUT2D eigenvalue weighted by Crippen LogP contribution is 2.29. The summed E-state index contributed by atoms with van der Waals surface area (Å²) in [5.41, 5.74) is 1.27. The molecule has 5 heteroatoms. The van der Waals surface area contributed by atoms with Crippen LogP contribution in [0.1, 0.15) is 19.0 Å². The fourth-order valence-electron chi connectivity index (χ4n) is 1.93. The second-order valence-corrected chi connectivity index (χ2v) is 4.04. The lowest BCUT2D eigenvalue weighted by atomic mass is 10.1. The van der Waals surface area contributed by atoms with E-state index in [0.29, 0.717) is 12.1 Å². The van der Waals surface area contributed by atoms with Gasteiger partial charge in [-0.3, -0.25) is 4.98 Å². The molecule has 96 valence electrons. The molecule has 0 atom stereocenters. The summed E-state index contributed by atoms with van der Waals surface area (Å²) in [6, 6.07) is 2.58. The molecule has 2 rings (SSSR count). The molecule has 0 fully saturated rings. The Morgan fingerprint density at radius 3 is 2.50 bits per heavy atom. The molecular formula is C13H13F3N2. The van der Waals surface area contributed by atoms with Gasteiger partial charge in [0.05, 0.1) is 10.9 Å². The van der Waals surface area contributed by atoms with Crippen LogP contribution in [0.3, 0.4) is 0 Å². The molecule has 2 aromatic rings. The van der Waals surface area contributed by atoms with Crippen LogP contribution < -0.4 is 5.32 Å². The number of halogens is 3. The van der Waals surface area contributed by atoms with Crippen LogP contribution in [-0.4, -0.2) is 12.0 Å². The summed E-state index contributed by atoms with van der Waals surface area (Å²) in [4.78, 5) is 4.15. The molecule has 0 unspecified atom stereocenters. The third-order valence-electron chi connectivity index (χ3n) is 2.76. The highest BCUT2D eigenvalue weighted by atomic mass is 19.2. The zero-order chi connectivity index (χ0) is 13.3. The molecule has 1 N–H and O–H groups in total. The van der Waals surface area contributed by atoms with Crippen molar-refractivity contribution in [2.45, 2.75) is 19.8 Å². The van der Waals surface area contributed by atoms with E-state index in [1.165, 1.54) is 0 Å². The predicted octanol–water partition coefficient (Wildman–Crippen LogP) is 3.65. The molecule has 0 radical (unpaired) electrons. The Bertz CT molecular complexity index is 597. The Balaban J connectivity index is 2.79. The lowest BCUT2D eigenvalue weighted by Crippen LogP contribution is -2.01. The van der Waals surface area contributed by atoms with Crippen molar-refractivity contribution in [2.24, 2.45) is 0 Å². The van der Waals surface area contributed by atoms with E-state index >= 15 is 0 Å². The van der Waals surface area contributed by atoms with Gasteiger partial charge >= 0.3 is 0 Å². The number of hydrogen-bond donors (Lipinski definition) is 1. The van der Waals surface area contributed by atoms with Crippen molar-refractivity contribution < 1.29 is 13.2 Å². The van der Waals surface area contributed by atoms with Crippen LogP contribution >= 0.6 is 0 Å². The van der Waals surface area contributed by atoms with Gasteiger partial charge in [0.25, 0.3) is 0 Å². The molecule has 1 heterocycles. The number of rotatable bonds is 3. The first kappa shape index (κ1) is 12.7. The van der Waals surface area contributed by atoms with Crippen molar-refractivity contribution in [2.75, 3.05) is 12.4 Å². The average Bonchev–Trinajstić information content (AvgIpc) is 2.35. The number of anilines is 1. The molecule has 0 aliphatic carbocycles. The van der Waals surface area contributed by atoms with E-state index < -0.39 is 17.5 Å². The van der Waals surface area contributed by atoms with Gasteiger partial charge < -0.3 is 5.32 Å². The maximum absolute atomic E-state index is 13.7. The lowest BCUT2D eigenvalue weighted by Gasteiger charge is -2.10. The van der Waals surface area contributed by atoms with Gasteiger partial charge in [0.2, 0.25) is 0 Å². The maximum Gasteiger partial charge on any atom is 0.195 e. The van der Waals surface area contributed by atoms with E-state index in [4.69, 9.17) is 0 Å². The number of aryl methyl sites for hydroxylation is 1. The van der Waals surface area contributed by atoms with E-state index in [0.717, 1.165) is 18.2 Å². The fraction of sp³-hybridized carbons (Fsp3) is 0.308.